The molecule has 0 saturated heterocycles. The zero-order valence-electron chi connectivity index (χ0n) is 20.3. The highest BCUT2D eigenvalue weighted by Crippen LogP contribution is 2.24. The number of carbonyl (C=O) groups is 1. The van der Waals surface area contributed by atoms with E-state index in [0.717, 1.165) is 19.3 Å². The van der Waals surface area contributed by atoms with Gasteiger partial charge in [0.1, 0.15) is 5.69 Å². The van der Waals surface area contributed by atoms with Crippen LogP contribution in [0.4, 0.5) is 17.2 Å². The van der Waals surface area contributed by atoms with Crippen LogP contribution >= 0.6 is 0 Å². The zero-order chi connectivity index (χ0) is 24.9. The van der Waals surface area contributed by atoms with Gasteiger partial charge in [-0.1, -0.05) is 32.6 Å². The van der Waals surface area contributed by atoms with Crippen LogP contribution < -0.4 is 21.9 Å². The van der Waals surface area contributed by atoms with Crippen molar-refractivity contribution in [2.24, 2.45) is 12.8 Å². The number of imidazole rings is 1. The standard InChI is InChI=1S/C24H31N9O2/c1-4-5-6-7-8-10-16-21(22(25)34)33-23(28-16)18(26-2)15-19(29-33)27-17-11-9-13-32(24(17)35)20-12-14-31(3)30-20/h9,11-15,26H,4-8,10H2,1-3H3,(H2,25,34)(H,27,29). The molecule has 0 spiro atoms. The maximum Gasteiger partial charge on any atom is 0.280 e. The van der Waals surface area contributed by atoms with Crippen molar-refractivity contribution in [1.82, 2.24) is 28.9 Å². The summed E-state index contributed by atoms with van der Waals surface area (Å²) in [5, 5.41) is 15.0. The van der Waals surface area contributed by atoms with Crippen molar-refractivity contribution >= 4 is 28.7 Å². The number of primary amides is 1. The van der Waals surface area contributed by atoms with E-state index in [4.69, 9.17) is 5.73 Å². The SMILES string of the molecule is CCCCCCCc1nc2c(NC)cc(Nc3cccn(-c4ccn(C)n4)c3=O)nn2c1C(N)=O. The molecule has 4 aromatic rings. The summed E-state index contributed by atoms with van der Waals surface area (Å²) >= 11 is 0. The molecule has 0 aromatic carbocycles. The lowest BCUT2D eigenvalue weighted by atomic mass is 10.1. The molecule has 0 radical (unpaired) electrons. The van der Waals surface area contributed by atoms with Crippen LogP contribution in [0.3, 0.4) is 0 Å². The average Bonchev–Trinajstić information content (AvgIpc) is 3.43. The van der Waals surface area contributed by atoms with Gasteiger partial charge in [-0.3, -0.25) is 18.8 Å². The van der Waals surface area contributed by atoms with Crippen LogP contribution in [0.5, 0.6) is 0 Å². The molecule has 11 nitrogen and oxygen atoms in total. The fourth-order valence-corrected chi connectivity index (χ4v) is 4.07. The first kappa shape index (κ1) is 24.0. The topological polar surface area (TPSA) is 137 Å². The van der Waals surface area contributed by atoms with Crippen molar-refractivity contribution in [3.05, 3.63) is 58.4 Å². The van der Waals surface area contributed by atoms with Crippen LogP contribution in [0.25, 0.3) is 11.5 Å². The number of unbranched alkanes of at least 4 members (excludes halogenated alkanes) is 4. The number of nitrogens with zero attached hydrogens (tertiary/aromatic N) is 6. The van der Waals surface area contributed by atoms with Crippen LogP contribution in [0, 0.1) is 0 Å². The van der Waals surface area contributed by atoms with E-state index in [-0.39, 0.29) is 11.3 Å². The minimum Gasteiger partial charge on any atom is -0.385 e. The van der Waals surface area contributed by atoms with Crippen molar-refractivity contribution in [1.29, 1.82) is 0 Å². The minimum absolute atomic E-state index is 0.259. The van der Waals surface area contributed by atoms with E-state index >= 15 is 0 Å². The molecule has 0 fully saturated rings. The lowest BCUT2D eigenvalue weighted by Crippen LogP contribution is -2.21. The number of pyridine rings is 1. The molecule has 4 rings (SSSR count). The molecule has 4 N–H and O–H groups in total. The van der Waals surface area contributed by atoms with Crippen molar-refractivity contribution < 1.29 is 4.79 Å². The number of fused-ring (bicyclic) bond motifs is 1. The molecule has 0 aliphatic rings. The van der Waals surface area contributed by atoms with Gasteiger partial charge in [0, 0.05) is 38.6 Å². The third-order valence-electron chi connectivity index (χ3n) is 5.83. The summed E-state index contributed by atoms with van der Waals surface area (Å²) in [5.41, 5.74) is 7.82. The van der Waals surface area contributed by atoms with E-state index in [1.54, 1.807) is 55.4 Å². The molecule has 0 aliphatic carbocycles. The van der Waals surface area contributed by atoms with Crippen molar-refractivity contribution in [3.8, 4) is 5.82 Å². The Morgan fingerprint density at radius 3 is 2.57 bits per heavy atom. The quantitative estimate of drug-likeness (QED) is 0.282. The van der Waals surface area contributed by atoms with Gasteiger partial charge in [-0.25, -0.2) is 9.50 Å². The Balaban J connectivity index is 1.70. The Morgan fingerprint density at radius 1 is 1.09 bits per heavy atom. The molecule has 0 bridgehead atoms. The maximum atomic E-state index is 13.1. The van der Waals surface area contributed by atoms with E-state index in [0.29, 0.717) is 40.8 Å². The van der Waals surface area contributed by atoms with Crippen LogP contribution in [0.1, 0.15) is 55.2 Å². The molecular formula is C24H31N9O2. The highest BCUT2D eigenvalue weighted by molar-refractivity contribution is 5.94. The van der Waals surface area contributed by atoms with Crippen molar-refractivity contribution in [2.45, 2.75) is 45.4 Å². The maximum absolute atomic E-state index is 13.1. The molecule has 35 heavy (non-hydrogen) atoms. The van der Waals surface area contributed by atoms with Gasteiger partial charge in [0.25, 0.3) is 11.5 Å². The lowest BCUT2D eigenvalue weighted by molar-refractivity contribution is 0.0992. The monoisotopic (exact) mass is 477 g/mol. The predicted octanol–water partition coefficient (Wildman–Crippen LogP) is 3.01. The number of aryl methyl sites for hydroxylation is 2. The van der Waals surface area contributed by atoms with Gasteiger partial charge in [-0.05, 0) is 25.0 Å². The van der Waals surface area contributed by atoms with Gasteiger partial charge in [-0.15, -0.1) is 5.10 Å². The van der Waals surface area contributed by atoms with E-state index < -0.39 is 5.91 Å². The van der Waals surface area contributed by atoms with Crippen LogP contribution in [-0.2, 0) is 13.5 Å². The number of carbonyl (C=O) groups excluding carboxylic acids is 1. The third kappa shape index (κ3) is 5.03. The summed E-state index contributed by atoms with van der Waals surface area (Å²) in [7, 11) is 3.55. The van der Waals surface area contributed by atoms with Crippen LogP contribution in [0.2, 0.25) is 0 Å². The van der Waals surface area contributed by atoms with Gasteiger partial charge in [0.2, 0.25) is 0 Å². The fourth-order valence-electron chi connectivity index (χ4n) is 4.07. The molecule has 0 saturated carbocycles. The Kier molecular flexibility index (Phi) is 7.14. The van der Waals surface area contributed by atoms with E-state index in [9.17, 15) is 9.59 Å². The normalized spacial score (nSPS) is 11.2. The number of nitrogens with one attached hydrogen (secondary N) is 2. The largest absolute Gasteiger partial charge is 0.385 e. The second-order valence-corrected chi connectivity index (χ2v) is 8.43. The first-order chi connectivity index (χ1) is 16.9. The molecule has 184 valence electrons. The van der Waals surface area contributed by atoms with Gasteiger partial charge < -0.3 is 16.4 Å². The summed E-state index contributed by atoms with van der Waals surface area (Å²) in [6, 6.07) is 6.91. The first-order valence-electron chi connectivity index (χ1n) is 11.8. The molecule has 4 aromatic heterocycles. The van der Waals surface area contributed by atoms with Crippen molar-refractivity contribution in [2.75, 3.05) is 17.7 Å². The number of amides is 1. The summed E-state index contributed by atoms with van der Waals surface area (Å²) in [6.45, 7) is 2.17. The Labute approximate surface area is 203 Å². The van der Waals surface area contributed by atoms with Gasteiger partial charge in [-0.2, -0.15) is 5.10 Å². The summed E-state index contributed by atoms with van der Waals surface area (Å²) in [5.74, 6) is 0.284. The molecule has 1 amide bonds. The number of rotatable bonds is 11. The number of aromatic nitrogens is 6. The number of hydrogen-bond donors (Lipinski definition) is 3. The van der Waals surface area contributed by atoms with E-state index in [2.05, 4.69) is 32.7 Å². The Hall–Kier alpha value is -4.15. The second kappa shape index (κ2) is 10.4. The molecule has 0 aliphatic heterocycles. The molecule has 0 unspecified atom stereocenters. The number of nitrogens with two attached hydrogens (primary N) is 1. The molecule has 0 atom stereocenters. The highest BCUT2D eigenvalue weighted by Gasteiger charge is 2.21. The number of hydrogen-bond acceptors (Lipinski definition) is 7. The highest BCUT2D eigenvalue weighted by atomic mass is 16.1. The summed E-state index contributed by atoms with van der Waals surface area (Å²) in [6.07, 6.45) is 9.55. The smallest absolute Gasteiger partial charge is 0.280 e. The first-order valence-corrected chi connectivity index (χ1v) is 11.8. The predicted molar refractivity (Wildman–Crippen MR) is 136 cm³/mol. The van der Waals surface area contributed by atoms with Gasteiger partial charge in [0.05, 0.1) is 11.4 Å². The Bertz CT molecular complexity index is 1400. The van der Waals surface area contributed by atoms with Gasteiger partial charge >= 0.3 is 0 Å². The molecule has 4 heterocycles. The zero-order valence-corrected chi connectivity index (χ0v) is 20.3. The average molecular weight is 478 g/mol. The van der Waals surface area contributed by atoms with Gasteiger partial charge in [0.15, 0.2) is 23.0 Å². The molecular weight excluding hydrogens is 446 g/mol. The third-order valence-corrected chi connectivity index (χ3v) is 5.83. The number of anilines is 3. The summed E-state index contributed by atoms with van der Waals surface area (Å²) in [4.78, 5) is 30.1. The Morgan fingerprint density at radius 2 is 1.89 bits per heavy atom. The minimum atomic E-state index is -0.593. The second-order valence-electron chi connectivity index (χ2n) is 8.43. The van der Waals surface area contributed by atoms with E-state index in [1.807, 2.05) is 0 Å². The summed E-state index contributed by atoms with van der Waals surface area (Å²) < 4.78 is 4.53. The fraction of sp³-hybridized carbons (Fsp3) is 0.375. The van der Waals surface area contributed by atoms with Crippen LogP contribution in [0.15, 0.2) is 41.5 Å². The lowest BCUT2D eigenvalue weighted by Gasteiger charge is -2.10. The van der Waals surface area contributed by atoms with Crippen molar-refractivity contribution in [3.63, 3.8) is 0 Å². The van der Waals surface area contributed by atoms with E-state index in [1.165, 1.54) is 21.9 Å². The van der Waals surface area contributed by atoms with Crippen LogP contribution in [-0.4, -0.2) is 41.9 Å². The molecule has 11 heteroatoms.